The summed E-state index contributed by atoms with van der Waals surface area (Å²) in [5.74, 6) is 0. The highest BCUT2D eigenvalue weighted by Crippen LogP contribution is 2.65. The lowest BCUT2D eigenvalue weighted by Crippen LogP contribution is -2.26. The molecular formula is C56H40N2. The zero-order valence-electron chi connectivity index (χ0n) is 32.3. The van der Waals surface area contributed by atoms with Crippen LogP contribution in [0.4, 0.5) is 17.1 Å². The number of aromatic nitrogens is 1. The Morgan fingerprint density at radius 2 is 1.03 bits per heavy atom. The zero-order chi connectivity index (χ0) is 38.8. The van der Waals surface area contributed by atoms with Gasteiger partial charge in [-0.2, -0.15) is 0 Å². The lowest BCUT2D eigenvalue weighted by atomic mass is 9.70. The molecule has 2 aliphatic carbocycles. The molecule has 0 saturated heterocycles. The Bertz CT molecular complexity index is 3070. The van der Waals surface area contributed by atoms with Gasteiger partial charge >= 0.3 is 0 Å². The van der Waals surface area contributed by atoms with E-state index in [2.05, 4.69) is 229 Å². The largest absolute Gasteiger partial charge is 0.310 e. The molecule has 1 atom stereocenters. The average molecular weight is 741 g/mol. The first-order valence-corrected chi connectivity index (χ1v) is 20.1. The van der Waals surface area contributed by atoms with E-state index in [9.17, 15) is 0 Å². The molecule has 0 amide bonds. The van der Waals surface area contributed by atoms with Crippen LogP contribution >= 0.6 is 0 Å². The number of para-hydroxylation sites is 3. The second kappa shape index (κ2) is 13.4. The van der Waals surface area contributed by atoms with Crippen molar-refractivity contribution < 1.29 is 0 Å². The number of hydrogen-bond donors (Lipinski definition) is 0. The van der Waals surface area contributed by atoms with Gasteiger partial charge in [0.15, 0.2) is 0 Å². The number of rotatable bonds is 6. The van der Waals surface area contributed by atoms with Crippen molar-refractivity contribution in [3.63, 3.8) is 0 Å². The average Bonchev–Trinajstić information content (AvgIpc) is 3.89. The molecule has 0 N–H and O–H groups in total. The van der Waals surface area contributed by atoms with E-state index in [0.717, 1.165) is 22.7 Å². The Kier molecular flexibility index (Phi) is 7.80. The highest BCUT2D eigenvalue weighted by molar-refractivity contribution is 6.09. The van der Waals surface area contributed by atoms with Gasteiger partial charge in [0.05, 0.1) is 22.1 Å². The molecule has 9 aromatic rings. The quantitative estimate of drug-likeness (QED) is 0.165. The molecule has 1 unspecified atom stereocenters. The van der Waals surface area contributed by atoms with E-state index in [-0.39, 0.29) is 0 Å². The summed E-state index contributed by atoms with van der Waals surface area (Å²) in [5, 5.41) is 2.54. The molecule has 0 fully saturated rings. The smallest absolute Gasteiger partial charge is 0.0723 e. The minimum atomic E-state index is -0.445. The molecule has 1 aromatic heterocycles. The van der Waals surface area contributed by atoms with Crippen molar-refractivity contribution in [3.05, 3.63) is 247 Å². The third kappa shape index (κ3) is 4.79. The van der Waals surface area contributed by atoms with E-state index >= 15 is 0 Å². The standard InChI is InChI=1S/C56H40N2/c1-3-17-43-44-20-8-12-24-49(44)56(48(43)4-2)50-25-13-9-23-47(50)55-51(56)26-16-29-54(55)57(40-18-6-5-7-19-40)41-34-30-38(31-35-41)39-32-36-42(37-33-39)58-52-27-14-10-21-45(52)46-22-11-15-28-53(46)58/h3-37H,1H2,2H3/b43-17?,48-4+. The van der Waals surface area contributed by atoms with Crippen molar-refractivity contribution in [1.29, 1.82) is 0 Å². The van der Waals surface area contributed by atoms with Gasteiger partial charge in [-0.1, -0.05) is 164 Å². The van der Waals surface area contributed by atoms with Gasteiger partial charge in [-0.15, -0.1) is 0 Å². The number of fused-ring (bicyclic) bond motifs is 10. The van der Waals surface area contributed by atoms with E-state index in [1.54, 1.807) is 0 Å². The van der Waals surface area contributed by atoms with E-state index in [1.807, 2.05) is 6.08 Å². The second-order valence-corrected chi connectivity index (χ2v) is 15.2. The highest BCUT2D eigenvalue weighted by atomic mass is 15.1. The number of nitrogens with zero attached hydrogens (tertiary/aromatic N) is 2. The summed E-state index contributed by atoms with van der Waals surface area (Å²) < 4.78 is 2.37. The Labute approximate surface area is 339 Å². The van der Waals surface area contributed by atoms with E-state index in [4.69, 9.17) is 0 Å². The van der Waals surface area contributed by atoms with Crippen molar-refractivity contribution in [3.8, 4) is 27.9 Å². The van der Waals surface area contributed by atoms with Crippen LogP contribution in [-0.2, 0) is 5.41 Å². The van der Waals surface area contributed by atoms with E-state index in [1.165, 1.54) is 77.5 Å². The van der Waals surface area contributed by atoms with Crippen molar-refractivity contribution in [2.75, 3.05) is 4.90 Å². The molecular weight excluding hydrogens is 701 g/mol. The Balaban J connectivity index is 1.04. The summed E-state index contributed by atoms with van der Waals surface area (Å²) >= 11 is 0. The van der Waals surface area contributed by atoms with Crippen molar-refractivity contribution in [1.82, 2.24) is 4.57 Å². The molecule has 58 heavy (non-hydrogen) atoms. The normalized spacial score (nSPS) is 16.6. The van der Waals surface area contributed by atoms with Gasteiger partial charge in [-0.05, 0) is 112 Å². The molecule has 1 spiro atoms. The summed E-state index contributed by atoms with van der Waals surface area (Å²) in [6.07, 6.45) is 6.42. The molecule has 0 aliphatic heterocycles. The van der Waals surface area contributed by atoms with Gasteiger partial charge in [0, 0.05) is 33.4 Å². The Hall–Kier alpha value is -7.42. The summed E-state index contributed by atoms with van der Waals surface area (Å²) in [7, 11) is 0. The first-order chi connectivity index (χ1) is 28.7. The predicted octanol–water partition coefficient (Wildman–Crippen LogP) is 14.8. The van der Waals surface area contributed by atoms with Crippen LogP contribution in [0, 0.1) is 0 Å². The predicted molar refractivity (Wildman–Crippen MR) is 245 cm³/mol. The van der Waals surface area contributed by atoms with Crippen molar-refractivity contribution in [2.45, 2.75) is 12.3 Å². The minimum absolute atomic E-state index is 0.445. The molecule has 0 bridgehead atoms. The molecule has 2 heteroatoms. The van der Waals surface area contributed by atoms with Crippen LogP contribution in [0.25, 0.3) is 55.3 Å². The fraction of sp³-hybridized carbons (Fsp3) is 0.0357. The fourth-order valence-corrected chi connectivity index (χ4v) is 10.1. The van der Waals surface area contributed by atoms with Crippen LogP contribution in [-0.4, -0.2) is 4.57 Å². The summed E-state index contributed by atoms with van der Waals surface area (Å²) in [6.45, 7) is 6.30. The van der Waals surface area contributed by atoms with Crippen LogP contribution < -0.4 is 4.90 Å². The molecule has 1 heterocycles. The maximum absolute atomic E-state index is 4.12. The molecule has 2 aliphatic rings. The SMILES string of the molecule is C=CC=C1/C(=C\C)C2(c3ccccc31)c1ccccc1-c1c(N(c3ccccc3)c3ccc(-c4ccc(-n5c6ccccc6c6ccccc65)cc4)cc3)cccc12. The molecule has 11 rings (SSSR count). The maximum Gasteiger partial charge on any atom is 0.0723 e. The zero-order valence-corrected chi connectivity index (χ0v) is 32.3. The molecule has 0 saturated carbocycles. The van der Waals surface area contributed by atoms with E-state index < -0.39 is 5.41 Å². The molecule has 274 valence electrons. The summed E-state index contributed by atoms with van der Waals surface area (Å²) in [6, 6.07) is 71.0. The summed E-state index contributed by atoms with van der Waals surface area (Å²) in [4.78, 5) is 2.43. The second-order valence-electron chi connectivity index (χ2n) is 15.2. The Morgan fingerprint density at radius 3 is 1.69 bits per heavy atom. The highest BCUT2D eigenvalue weighted by Gasteiger charge is 2.53. The van der Waals surface area contributed by atoms with Gasteiger partial charge in [0.1, 0.15) is 0 Å². The van der Waals surface area contributed by atoms with Crippen LogP contribution in [0.3, 0.4) is 0 Å². The monoisotopic (exact) mass is 740 g/mol. The molecule has 2 nitrogen and oxygen atoms in total. The maximum atomic E-state index is 4.12. The first-order valence-electron chi connectivity index (χ1n) is 20.1. The number of allylic oxidation sites excluding steroid dienone is 5. The van der Waals surface area contributed by atoms with Crippen LogP contribution in [0.2, 0.25) is 0 Å². The van der Waals surface area contributed by atoms with Crippen molar-refractivity contribution >= 4 is 44.4 Å². The van der Waals surface area contributed by atoms with Gasteiger partial charge in [-0.3, -0.25) is 0 Å². The van der Waals surface area contributed by atoms with E-state index in [0.29, 0.717) is 0 Å². The number of anilines is 3. The van der Waals surface area contributed by atoms with Gasteiger partial charge in [-0.25, -0.2) is 0 Å². The topological polar surface area (TPSA) is 8.17 Å². The minimum Gasteiger partial charge on any atom is -0.310 e. The van der Waals surface area contributed by atoms with Gasteiger partial charge in [0.2, 0.25) is 0 Å². The van der Waals surface area contributed by atoms with Gasteiger partial charge in [0.25, 0.3) is 0 Å². The molecule has 8 aromatic carbocycles. The molecule has 0 radical (unpaired) electrons. The third-order valence-corrected chi connectivity index (χ3v) is 12.4. The van der Waals surface area contributed by atoms with Crippen molar-refractivity contribution in [2.24, 2.45) is 0 Å². The lowest BCUT2D eigenvalue weighted by molar-refractivity contribution is 0.793. The summed E-state index contributed by atoms with van der Waals surface area (Å²) in [5.41, 5.74) is 19.2. The first kappa shape index (κ1) is 33.9. The Morgan fingerprint density at radius 1 is 0.500 bits per heavy atom. The van der Waals surface area contributed by atoms with Gasteiger partial charge < -0.3 is 9.47 Å². The fourth-order valence-electron chi connectivity index (χ4n) is 10.1. The number of hydrogen-bond acceptors (Lipinski definition) is 1. The lowest BCUT2D eigenvalue weighted by Gasteiger charge is -2.32. The number of benzene rings is 8. The third-order valence-electron chi connectivity index (χ3n) is 12.4. The van der Waals surface area contributed by atoms with Crippen LogP contribution in [0.5, 0.6) is 0 Å². The van der Waals surface area contributed by atoms with Crippen LogP contribution in [0.1, 0.15) is 29.2 Å². The van der Waals surface area contributed by atoms with Crippen LogP contribution in [0.15, 0.2) is 225 Å².